The molecule has 3 aliphatic rings. The molecule has 5 N–H and O–H groups in total. The van der Waals surface area contributed by atoms with Crippen molar-refractivity contribution in [2.75, 3.05) is 50.5 Å². The number of anilines is 1. The highest BCUT2D eigenvalue weighted by Gasteiger charge is 2.44. The number of benzene rings is 1. The lowest BCUT2D eigenvalue weighted by Crippen LogP contribution is -2.48. The number of nitro groups is 1. The highest BCUT2D eigenvalue weighted by Crippen LogP contribution is 2.47. The summed E-state index contributed by atoms with van der Waals surface area (Å²) in [4.78, 5) is 94.7. The van der Waals surface area contributed by atoms with E-state index < -0.39 is 29.9 Å². The zero-order valence-electron chi connectivity index (χ0n) is 27.6. The van der Waals surface area contributed by atoms with Crippen molar-refractivity contribution in [2.24, 2.45) is 5.41 Å². The summed E-state index contributed by atoms with van der Waals surface area (Å²) >= 11 is 0. The third-order valence-electron chi connectivity index (χ3n) is 9.37. The second-order valence-electron chi connectivity index (χ2n) is 13.0. The lowest BCUT2D eigenvalue weighted by Gasteiger charge is -2.37. The topological polar surface area (TPSA) is 248 Å². The smallest absolute Gasteiger partial charge is 0.338 e. The molecule has 0 unspecified atom stereocenters. The van der Waals surface area contributed by atoms with Gasteiger partial charge in [0.25, 0.3) is 5.69 Å². The molecule has 0 atom stereocenters. The number of amides is 2. The second kappa shape index (κ2) is 16.1. The molecule has 3 aromatic rings. The Bertz CT molecular complexity index is 1830. The Morgan fingerprint density at radius 1 is 0.920 bits per heavy atom. The fourth-order valence-electron chi connectivity index (χ4n) is 6.86. The number of carbonyl (C=O) groups excluding carboxylic acids is 2. The zero-order valence-corrected chi connectivity index (χ0v) is 28.5. The first-order chi connectivity index (χ1) is 23.8. The minimum absolute atomic E-state index is 0.00676. The van der Waals surface area contributed by atoms with E-state index in [0.29, 0.717) is 19.4 Å². The molecule has 0 bridgehead atoms. The fourth-order valence-corrected chi connectivity index (χ4v) is 7.26. The van der Waals surface area contributed by atoms with Gasteiger partial charge in [0.05, 0.1) is 22.2 Å². The van der Waals surface area contributed by atoms with Gasteiger partial charge in [-0.05, 0) is 49.3 Å². The maximum Gasteiger partial charge on any atom is 0.339 e. The first kappa shape index (κ1) is 36.9. The van der Waals surface area contributed by atoms with E-state index in [2.05, 4.69) is 35.1 Å². The quantitative estimate of drug-likeness (QED) is 0.0471. The Labute approximate surface area is 286 Å². The molecule has 4 heterocycles. The van der Waals surface area contributed by atoms with Crippen molar-refractivity contribution < 1.29 is 28.9 Å². The minimum atomic E-state index is -4.29. The average Bonchev–Trinajstić information content (AvgIpc) is 3.52. The molecule has 18 nitrogen and oxygen atoms in total. The number of nitrogens with one attached hydrogen (secondary N) is 3. The van der Waals surface area contributed by atoms with E-state index in [1.54, 1.807) is 12.4 Å². The van der Waals surface area contributed by atoms with Crippen molar-refractivity contribution in [1.29, 1.82) is 0 Å². The highest BCUT2D eigenvalue weighted by molar-refractivity contribution is 7.51. The summed E-state index contributed by atoms with van der Waals surface area (Å²) in [5.74, 6) is 0.938. The standard InChI is InChI=1S/C21H31N5O2.C10H11N4O7P/c27-18-16-21(6-1-2-7-21)17-19(28)26(18)11-4-3-10-24-12-14-25(15-13-24)20-22-8-5-9-23-20;15-9-10(16)13-8-5(3-11-4-22(19,20)21)1-6(14(17)18)2-7(8)12-9/h5,8-9H,1-4,6-7,10-17H2;1-2,11H,3-4H2,(H,12,15)(H,13,16)(H2,19,20,21). The Morgan fingerprint density at radius 2 is 1.54 bits per heavy atom. The highest BCUT2D eigenvalue weighted by atomic mass is 31.2. The summed E-state index contributed by atoms with van der Waals surface area (Å²) in [6.07, 6.45) is 10.5. The number of piperazine rings is 1. The first-order valence-electron chi connectivity index (χ1n) is 16.6. The third-order valence-corrected chi connectivity index (χ3v) is 10.0. The van der Waals surface area contributed by atoms with E-state index in [0.717, 1.165) is 76.5 Å². The largest absolute Gasteiger partial charge is 0.339 e. The molecule has 3 fully saturated rings. The van der Waals surface area contributed by atoms with Crippen LogP contribution in [0.5, 0.6) is 0 Å². The van der Waals surface area contributed by atoms with Crippen molar-refractivity contribution in [3.63, 3.8) is 0 Å². The summed E-state index contributed by atoms with van der Waals surface area (Å²) in [6, 6.07) is 4.06. The van der Waals surface area contributed by atoms with Crippen LogP contribution in [0, 0.1) is 15.5 Å². The van der Waals surface area contributed by atoms with Crippen LogP contribution in [-0.4, -0.2) is 102 Å². The van der Waals surface area contributed by atoms with E-state index in [1.165, 1.54) is 17.7 Å². The normalized spacial score (nSPS) is 18.0. The Morgan fingerprint density at radius 3 is 2.16 bits per heavy atom. The van der Waals surface area contributed by atoms with Gasteiger partial charge < -0.3 is 30.0 Å². The van der Waals surface area contributed by atoms with Crippen LogP contribution in [0.4, 0.5) is 11.6 Å². The molecular weight excluding hydrogens is 673 g/mol. The molecule has 2 amide bonds. The number of aromatic amines is 2. The molecule has 1 spiro atoms. The molecule has 1 aliphatic carbocycles. The Balaban J connectivity index is 0.000000201. The Kier molecular flexibility index (Phi) is 11.9. The molecular formula is C31H42N9O9P. The van der Waals surface area contributed by atoms with Gasteiger partial charge in [0.15, 0.2) is 0 Å². The average molecular weight is 716 g/mol. The number of rotatable bonds is 11. The van der Waals surface area contributed by atoms with Gasteiger partial charge in [0, 0.05) is 76.6 Å². The van der Waals surface area contributed by atoms with Crippen LogP contribution in [0.1, 0.15) is 56.9 Å². The number of imide groups is 1. The SMILES string of the molecule is O=C1CC2(CCCC2)CC(=O)N1CCCCN1CCN(c2ncccn2)CC1.O=c1[nH]c2cc([N+](=O)[O-])cc(CNCP(=O)(O)O)c2[nH]c1=O. The van der Waals surface area contributed by atoms with Crippen molar-refractivity contribution >= 4 is 42.1 Å². The van der Waals surface area contributed by atoms with Crippen molar-refractivity contribution in [3.05, 3.63) is 67.0 Å². The predicted molar refractivity (Wildman–Crippen MR) is 182 cm³/mol. The Hall–Kier alpha value is -4.35. The number of H-pyrrole nitrogens is 2. The molecule has 270 valence electrons. The van der Waals surface area contributed by atoms with Crippen LogP contribution < -0.4 is 21.3 Å². The van der Waals surface area contributed by atoms with Gasteiger partial charge in [-0.15, -0.1) is 0 Å². The van der Waals surface area contributed by atoms with E-state index in [1.807, 2.05) is 6.07 Å². The van der Waals surface area contributed by atoms with E-state index in [4.69, 9.17) is 9.79 Å². The van der Waals surface area contributed by atoms with Crippen molar-refractivity contribution in [1.82, 2.24) is 35.1 Å². The van der Waals surface area contributed by atoms with Gasteiger partial charge in [-0.3, -0.25) is 43.7 Å². The van der Waals surface area contributed by atoms with Gasteiger partial charge in [-0.2, -0.15) is 0 Å². The number of aromatic nitrogens is 4. The van der Waals surface area contributed by atoms with E-state index in [-0.39, 0.29) is 46.1 Å². The summed E-state index contributed by atoms with van der Waals surface area (Å²) in [6.45, 7) is 5.34. The number of carbonyl (C=O) groups is 2. The van der Waals surface area contributed by atoms with Crippen LogP contribution in [0.15, 0.2) is 40.2 Å². The number of nitrogens with zero attached hydrogens (tertiary/aromatic N) is 6. The van der Waals surface area contributed by atoms with Crippen molar-refractivity contribution in [3.8, 4) is 0 Å². The maximum atomic E-state index is 12.5. The lowest BCUT2D eigenvalue weighted by molar-refractivity contribution is -0.384. The first-order valence-corrected chi connectivity index (χ1v) is 18.4. The van der Waals surface area contributed by atoms with Crippen LogP contribution in [0.3, 0.4) is 0 Å². The van der Waals surface area contributed by atoms with Crippen LogP contribution in [0.2, 0.25) is 0 Å². The zero-order chi connectivity index (χ0) is 35.9. The molecule has 1 saturated carbocycles. The summed E-state index contributed by atoms with van der Waals surface area (Å²) in [5, 5.41) is 13.3. The number of non-ortho nitro benzene ring substituents is 1. The monoisotopic (exact) mass is 715 g/mol. The number of fused-ring (bicyclic) bond motifs is 1. The molecule has 2 aromatic heterocycles. The molecule has 6 rings (SSSR count). The van der Waals surface area contributed by atoms with Crippen LogP contribution >= 0.6 is 7.60 Å². The summed E-state index contributed by atoms with van der Waals surface area (Å²) < 4.78 is 10.8. The van der Waals surface area contributed by atoms with Gasteiger partial charge in [-0.1, -0.05) is 12.8 Å². The molecule has 2 aliphatic heterocycles. The maximum absolute atomic E-state index is 12.5. The number of nitro benzene ring substituents is 1. The van der Waals surface area contributed by atoms with E-state index >= 15 is 0 Å². The van der Waals surface area contributed by atoms with Crippen molar-refractivity contribution in [2.45, 2.75) is 57.9 Å². The number of hydrogen-bond donors (Lipinski definition) is 5. The number of hydrogen-bond acceptors (Lipinski definition) is 12. The molecule has 2 saturated heterocycles. The lowest BCUT2D eigenvalue weighted by atomic mass is 9.76. The summed E-state index contributed by atoms with van der Waals surface area (Å²) in [7, 11) is -4.29. The predicted octanol–water partition coefficient (Wildman–Crippen LogP) is 1.44. The number of likely N-dealkylation sites (tertiary alicyclic amines) is 1. The number of piperidine rings is 1. The molecule has 50 heavy (non-hydrogen) atoms. The van der Waals surface area contributed by atoms with Crippen LogP contribution in [0.25, 0.3) is 11.0 Å². The number of unbranched alkanes of at least 4 members (excludes halogenated alkanes) is 1. The minimum Gasteiger partial charge on any atom is -0.338 e. The third kappa shape index (κ3) is 9.66. The van der Waals surface area contributed by atoms with Gasteiger partial charge in [0.1, 0.15) is 0 Å². The van der Waals surface area contributed by atoms with Gasteiger partial charge in [0.2, 0.25) is 17.8 Å². The molecule has 1 aromatic carbocycles. The summed E-state index contributed by atoms with van der Waals surface area (Å²) in [5.41, 5.74) is -1.80. The van der Waals surface area contributed by atoms with E-state index in [9.17, 15) is 33.9 Å². The molecule has 19 heteroatoms. The molecule has 0 radical (unpaired) electrons. The fraction of sp³-hybridized carbons (Fsp3) is 0.548. The second-order valence-corrected chi connectivity index (χ2v) is 14.7. The van der Waals surface area contributed by atoms with Crippen LogP contribution in [-0.2, 0) is 20.7 Å². The van der Waals surface area contributed by atoms with Gasteiger partial charge >= 0.3 is 18.7 Å². The van der Waals surface area contributed by atoms with Gasteiger partial charge in [-0.25, -0.2) is 9.97 Å².